The normalized spacial score (nSPS) is 10.3. The number of anilines is 1. The highest BCUT2D eigenvalue weighted by molar-refractivity contribution is 6.30. The van der Waals surface area contributed by atoms with Crippen LogP contribution in [0.25, 0.3) is 0 Å². The molecule has 0 saturated carbocycles. The third kappa shape index (κ3) is 5.41. The van der Waals surface area contributed by atoms with Gasteiger partial charge in [-0.3, -0.25) is 4.79 Å². The number of carbonyl (C=O) groups excluding carboxylic acids is 1. The molecule has 0 atom stereocenters. The lowest BCUT2D eigenvalue weighted by atomic mass is 10.1. The first-order valence-corrected chi connectivity index (χ1v) is 7.82. The molecule has 0 saturated heterocycles. The highest BCUT2D eigenvalue weighted by atomic mass is 35.5. The summed E-state index contributed by atoms with van der Waals surface area (Å²) < 4.78 is 5.40. The van der Waals surface area contributed by atoms with E-state index in [1.165, 1.54) is 18.4 Å². The number of aryl methyl sites for hydroxylation is 1. The number of benzene rings is 2. The first-order chi connectivity index (χ1) is 10.7. The molecule has 0 radical (unpaired) electrons. The van der Waals surface area contributed by atoms with Crippen molar-refractivity contribution in [2.75, 3.05) is 11.9 Å². The van der Waals surface area contributed by atoms with Gasteiger partial charge in [-0.25, -0.2) is 0 Å². The van der Waals surface area contributed by atoms with Crippen molar-refractivity contribution in [3.63, 3.8) is 0 Å². The number of hydrogen-bond donors (Lipinski definition) is 1. The molecule has 0 bridgehead atoms. The van der Waals surface area contributed by atoms with Crippen LogP contribution in [-0.2, 0) is 11.2 Å². The van der Waals surface area contributed by atoms with Crippen LogP contribution < -0.4 is 10.1 Å². The summed E-state index contributed by atoms with van der Waals surface area (Å²) in [6.45, 7) is 2.13. The minimum Gasteiger partial charge on any atom is -0.484 e. The minimum absolute atomic E-state index is 0.0437. The van der Waals surface area contributed by atoms with E-state index in [1.807, 2.05) is 24.3 Å². The molecule has 0 heterocycles. The Hall–Kier alpha value is -2.00. The van der Waals surface area contributed by atoms with E-state index in [2.05, 4.69) is 12.2 Å². The third-order valence-corrected chi connectivity index (χ3v) is 3.46. The number of carbonyl (C=O) groups is 1. The summed E-state index contributed by atoms with van der Waals surface area (Å²) in [4.78, 5) is 11.9. The Bertz CT molecular complexity index is 611. The zero-order valence-corrected chi connectivity index (χ0v) is 13.4. The number of halogens is 1. The second-order valence-corrected chi connectivity index (χ2v) is 5.53. The van der Waals surface area contributed by atoms with Gasteiger partial charge in [0.25, 0.3) is 5.91 Å². The van der Waals surface area contributed by atoms with Crippen LogP contribution in [0.5, 0.6) is 5.75 Å². The fourth-order valence-electron chi connectivity index (χ4n) is 2.04. The second kappa shape index (κ2) is 8.44. The summed E-state index contributed by atoms with van der Waals surface area (Å²) in [5, 5.41) is 3.40. The highest BCUT2D eigenvalue weighted by Crippen LogP contribution is 2.17. The lowest BCUT2D eigenvalue weighted by Gasteiger charge is -2.08. The summed E-state index contributed by atoms with van der Waals surface area (Å²) in [6.07, 6.45) is 3.43. The first-order valence-electron chi connectivity index (χ1n) is 7.44. The van der Waals surface area contributed by atoms with Crippen molar-refractivity contribution in [1.82, 2.24) is 0 Å². The standard InChI is InChI=1S/C18H20ClNO2/c1-2-3-5-14-8-10-16(11-9-14)20-18(21)13-22-17-7-4-6-15(19)12-17/h4,6-12H,2-3,5,13H2,1H3,(H,20,21). The molecule has 2 rings (SSSR count). The lowest BCUT2D eigenvalue weighted by molar-refractivity contribution is -0.118. The monoisotopic (exact) mass is 317 g/mol. The second-order valence-electron chi connectivity index (χ2n) is 5.09. The van der Waals surface area contributed by atoms with Gasteiger partial charge in [0.1, 0.15) is 5.75 Å². The van der Waals surface area contributed by atoms with Crippen LogP contribution in [0.4, 0.5) is 5.69 Å². The largest absolute Gasteiger partial charge is 0.484 e. The van der Waals surface area contributed by atoms with Crippen LogP contribution in [0.2, 0.25) is 5.02 Å². The molecule has 0 aliphatic rings. The molecule has 0 aliphatic heterocycles. The van der Waals surface area contributed by atoms with E-state index in [4.69, 9.17) is 16.3 Å². The molecule has 2 aromatic rings. The summed E-state index contributed by atoms with van der Waals surface area (Å²) in [5.41, 5.74) is 2.06. The molecule has 0 spiro atoms. The van der Waals surface area contributed by atoms with Gasteiger partial charge in [0.15, 0.2) is 6.61 Å². The van der Waals surface area contributed by atoms with Crippen LogP contribution in [0, 0.1) is 0 Å². The Morgan fingerprint density at radius 1 is 1.18 bits per heavy atom. The number of ether oxygens (including phenoxy) is 1. The fraction of sp³-hybridized carbons (Fsp3) is 0.278. The van der Waals surface area contributed by atoms with Crippen molar-refractivity contribution in [3.05, 3.63) is 59.1 Å². The summed E-state index contributed by atoms with van der Waals surface area (Å²) in [6, 6.07) is 14.9. The Kier molecular flexibility index (Phi) is 6.28. The van der Waals surface area contributed by atoms with Gasteiger partial charge < -0.3 is 10.1 Å². The molecule has 0 aliphatic carbocycles. The SMILES string of the molecule is CCCCc1ccc(NC(=O)COc2cccc(Cl)c2)cc1. The number of hydrogen-bond acceptors (Lipinski definition) is 2. The number of unbranched alkanes of at least 4 members (excludes halogenated alkanes) is 1. The van der Waals surface area contributed by atoms with Gasteiger partial charge in [0, 0.05) is 10.7 Å². The average Bonchev–Trinajstić information content (AvgIpc) is 2.52. The Labute approximate surface area is 136 Å². The average molecular weight is 318 g/mol. The highest BCUT2D eigenvalue weighted by Gasteiger charge is 2.04. The van der Waals surface area contributed by atoms with Crippen molar-refractivity contribution in [1.29, 1.82) is 0 Å². The van der Waals surface area contributed by atoms with Gasteiger partial charge in [0.2, 0.25) is 0 Å². The molecule has 3 nitrogen and oxygen atoms in total. The van der Waals surface area contributed by atoms with Crippen LogP contribution in [0.3, 0.4) is 0 Å². The molecular weight excluding hydrogens is 298 g/mol. The molecule has 0 unspecified atom stereocenters. The van der Waals surface area contributed by atoms with E-state index < -0.39 is 0 Å². The van der Waals surface area contributed by atoms with Gasteiger partial charge in [-0.2, -0.15) is 0 Å². The van der Waals surface area contributed by atoms with Crippen LogP contribution in [0.15, 0.2) is 48.5 Å². The lowest BCUT2D eigenvalue weighted by Crippen LogP contribution is -2.20. The molecule has 1 N–H and O–H groups in total. The van der Waals surface area contributed by atoms with Crippen molar-refractivity contribution >= 4 is 23.2 Å². The number of nitrogens with one attached hydrogen (secondary N) is 1. The van der Waals surface area contributed by atoms with Crippen molar-refractivity contribution in [3.8, 4) is 5.75 Å². The predicted octanol–water partition coefficient (Wildman–Crippen LogP) is 4.70. The molecule has 116 valence electrons. The van der Waals surface area contributed by atoms with Gasteiger partial charge in [-0.15, -0.1) is 0 Å². The summed E-state index contributed by atoms with van der Waals surface area (Å²) >= 11 is 5.86. The van der Waals surface area contributed by atoms with E-state index in [9.17, 15) is 4.79 Å². The van der Waals surface area contributed by atoms with E-state index in [-0.39, 0.29) is 12.5 Å². The molecule has 0 aromatic heterocycles. The summed E-state index contributed by atoms with van der Waals surface area (Å²) in [5.74, 6) is 0.388. The van der Waals surface area contributed by atoms with Crippen molar-refractivity contribution in [2.24, 2.45) is 0 Å². The van der Waals surface area contributed by atoms with Crippen molar-refractivity contribution < 1.29 is 9.53 Å². The van der Waals surface area contributed by atoms with E-state index in [0.29, 0.717) is 10.8 Å². The zero-order chi connectivity index (χ0) is 15.8. The van der Waals surface area contributed by atoms with Gasteiger partial charge in [-0.05, 0) is 48.7 Å². The van der Waals surface area contributed by atoms with Crippen LogP contribution in [-0.4, -0.2) is 12.5 Å². The molecule has 2 aromatic carbocycles. The van der Waals surface area contributed by atoms with Crippen LogP contribution in [0.1, 0.15) is 25.3 Å². The molecule has 22 heavy (non-hydrogen) atoms. The van der Waals surface area contributed by atoms with Gasteiger partial charge in [0.05, 0.1) is 0 Å². The van der Waals surface area contributed by atoms with E-state index in [0.717, 1.165) is 12.1 Å². The molecule has 4 heteroatoms. The topological polar surface area (TPSA) is 38.3 Å². The first kappa shape index (κ1) is 16.4. The zero-order valence-electron chi connectivity index (χ0n) is 12.6. The van der Waals surface area contributed by atoms with E-state index >= 15 is 0 Å². The minimum atomic E-state index is -0.193. The van der Waals surface area contributed by atoms with E-state index in [1.54, 1.807) is 24.3 Å². The molecule has 0 fully saturated rings. The maximum atomic E-state index is 11.9. The third-order valence-electron chi connectivity index (χ3n) is 3.22. The number of rotatable bonds is 7. The smallest absolute Gasteiger partial charge is 0.262 e. The maximum Gasteiger partial charge on any atom is 0.262 e. The Balaban J connectivity index is 1.81. The van der Waals surface area contributed by atoms with Crippen molar-refractivity contribution in [2.45, 2.75) is 26.2 Å². The van der Waals surface area contributed by atoms with Crippen LogP contribution >= 0.6 is 11.6 Å². The van der Waals surface area contributed by atoms with Gasteiger partial charge >= 0.3 is 0 Å². The summed E-state index contributed by atoms with van der Waals surface area (Å²) in [7, 11) is 0. The number of amides is 1. The van der Waals surface area contributed by atoms with Gasteiger partial charge in [-0.1, -0.05) is 43.1 Å². The fourth-order valence-corrected chi connectivity index (χ4v) is 2.22. The quantitative estimate of drug-likeness (QED) is 0.803. The Morgan fingerprint density at radius 3 is 2.64 bits per heavy atom. The Morgan fingerprint density at radius 2 is 1.95 bits per heavy atom. The maximum absolute atomic E-state index is 11.9. The predicted molar refractivity (Wildman–Crippen MR) is 90.6 cm³/mol. The molecular formula is C18H20ClNO2. The molecule has 1 amide bonds.